The average Bonchev–Trinajstić information content (AvgIpc) is 3.11. The van der Waals surface area contributed by atoms with E-state index in [9.17, 15) is 13.6 Å². The van der Waals surface area contributed by atoms with E-state index in [1.807, 2.05) is 6.07 Å². The van der Waals surface area contributed by atoms with E-state index in [-0.39, 0.29) is 18.1 Å². The first-order chi connectivity index (χ1) is 16.4. The van der Waals surface area contributed by atoms with E-state index < -0.39 is 13.0 Å². The molecule has 3 heterocycles. The highest BCUT2D eigenvalue weighted by atomic mass is 19.3. The summed E-state index contributed by atoms with van der Waals surface area (Å²) in [6.45, 7) is 4.09. The molecule has 0 aromatic carbocycles. The molecule has 1 saturated carbocycles. The number of carbonyl (C=O) groups excluding carboxylic acids is 1. The molecular weight excluding hydrogens is 442 g/mol. The van der Waals surface area contributed by atoms with Crippen LogP contribution in [0.3, 0.4) is 0 Å². The van der Waals surface area contributed by atoms with Crippen LogP contribution in [0.5, 0.6) is 5.88 Å². The summed E-state index contributed by atoms with van der Waals surface area (Å²) >= 11 is 0. The normalized spacial score (nSPS) is 21.3. The number of fused-ring (bicyclic) bond motifs is 1. The number of Topliss-reactive ketones (excluding diaryl/α,β-unsaturated/α-hetero) is 1. The van der Waals surface area contributed by atoms with Gasteiger partial charge in [0.15, 0.2) is 6.61 Å². The lowest BCUT2D eigenvalue weighted by atomic mass is 9.78. The number of alkyl halides is 2. The van der Waals surface area contributed by atoms with Crippen molar-refractivity contribution >= 4 is 5.78 Å². The van der Waals surface area contributed by atoms with Crippen LogP contribution in [-0.2, 0) is 24.1 Å². The van der Waals surface area contributed by atoms with Crippen LogP contribution >= 0.6 is 0 Å². The first-order valence-corrected chi connectivity index (χ1v) is 12.4. The van der Waals surface area contributed by atoms with Crippen molar-refractivity contribution in [1.29, 1.82) is 0 Å². The first kappa shape index (κ1) is 24.7. The third-order valence-electron chi connectivity index (χ3n) is 7.01. The Morgan fingerprint density at radius 3 is 2.65 bits per heavy atom. The van der Waals surface area contributed by atoms with E-state index in [2.05, 4.69) is 20.1 Å². The van der Waals surface area contributed by atoms with Gasteiger partial charge in [-0.3, -0.25) is 4.79 Å². The Hall–Kier alpha value is -2.42. The summed E-state index contributed by atoms with van der Waals surface area (Å²) in [5.41, 5.74) is 2.16. The molecule has 2 aromatic heterocycles. The maximum Gasteiger partial charge on any atom is 0.272 e. The molecule has 2 aromatic rings. The number of aromatic nitrogens is 3. The number of pyridine rings is 1. The predicted octanol–water partition coefficient (Wildman–Crippen LogP) is 4.22. The summed E-state index contributed by atoms with van der Waals surface area (Å²) in [5, 5.41) is 7.70. The van der Waals surface area contributed by atoms with E-state index in [0.717, 1.165) is 51.0 Å². The van der Waals surface area contributed by atoms with Crippen molar-refractivity contribution in [3.05, 3.63) is 35.2 Å². The van der Waals surface area contributed by atoms with Crippen LogP contribution in [0.2, 0.25) is 0 Å². The van der Waals surface area contributed by atoms with Crippen molar-refractivity contribution in [3.63, 3.8) is 0 Å². The van der Waals surface area contributed by atoms with Crippen molar-refractivity contribution in [3.8, 4) is 5.88 Å². The second-order valence-electron chi connectivity index (χ2n) is 9.61. The van der Waals surface area contributed by atoms with Crippen LogP contribution < -0.4 is 4.74 Å². The van der Waals surface area contributed by atoms with Gasteiger partial charge in [-0.2, -0.15) is 0 Å². The zero-order valence-electron chi connectivity index (χ0n) is 19.8. The van der Waals surface area contributed by atoms with E-state index in [0.29, 0.717) is 30.0 Å². The van der Waals surface area contributed by atoms with Crippen LogP contribution in [0.4, 0.5) is 8.78 Å². The number of halogens is 2. The largest absolute Gasteiger partial charge is 0.472 e. The van der Waals surface area contributed by atoms with Crippen LogP contribution in [0.15, 0.2) is 16.5 Å². The number of hydrogen-bond acceptors (Lipinski definition) is 7. The lowest BCUT2D eigenvalue weighted by Crippen LogP contribution is -2.29. The second kappa shape index (κ2) is 11.8. The quantitative estimate of drug-likeness (QED) is 0.508. The van der Waals surface area contributed by atoms with Crippen molar-refractivity contribution in [2.45, 2.75) is 71.1 Å². The lowest BCUT2D eigenvalue weighted by molar-refractivity contribution is -0.119. The molecule has 9 heteroatoms. The smallest absolute Gasteiger partial charge is 0.272 e. The van der Waals surface area contributed by atoms with Gasteiger partial charge in [-0.25, -0.2) is 13.8 Å². The fourth-order valence-corrected chi connectivity index (χ4v) is 5.12. The summed E-state index contributed by atoms with van der Waals surface area (Å²) in [6.07, 6.45) is 5.84. The molecule has 0 atom stereocenters. The Morgan fingerprint density at radius 2 is 1.91 bits per heavy atom. The zero-order valence-corrected chi connectivity index (χ0v) is 19.8. The minimum absolute atomic E-state index is 0.188. The molecule has 0 bridgehead atoms. The topological polar surface area (TPSA) is 81.4 Å². The molecule has 1 aliphatic heterocycles. The molecular formula is C25H34F2N4O3. The van der Waals surface area contributed by atoms with Crippen LogP contribution in [0, 0.1) is 18.8 Å². The maximum absolute atomic E-state index is 12.4. The molecule has 0 saturated heterocycles. The Morgan fingerprint density at radius 1 is 1.15 bits per heavy atom. The number of nitrogens with zero attached hydrogens (tertiary/aromatic N) is 4. The van der Waals surface area contributed by atoms with E-state index in [1.54, 1.807) is 13.0 Å². The van der Waals surface area contributed by atoms with E-state index >= 15 is 0 Å². The molecule has 2 aliphatic rings. The van der Waals surface area contributed by atoms with E-state index in [1.165, 1.54) is 24.8 Å². The maximum atomic E-state index is 12.4. The van der Waals surface area contributed by atoms with Crippen LogP contribution in [-0.4, -0.2) is 58.5 Å². The summed E-state index contributed by atoms with van der Waals surface area (Å²) in [4.78, 5) is 19.3. The van der Waals surface area contributed by atoms with Crippen molar-refractivity contribution in [2.24, 2.45) is 11.8 Å². The van der Waals surface area contributed by atoms with Gasteiger partial charge in [0.05, 0.1) is 6.42 Å². The molecule has 0 radical (unpaired) electrons. The summed E-state index contributed by atoms with van der Waals surface area (Å²) < 4.78 is 35.2. The Kier molecular flexibility index (Phi) is 8.59. The van der Waals surface area contributed by atoms with Crippen LogP contribution in [0.1, 0.15) is 61.6 Å². The fourth-order valence-electron chi connectivity index (χ4n) is 5.12. The molecule has 1 fully saturated rings. The van der Waals surface area contributed by atoms with Crippen molar-refractivity contribution in [2.75, 3.05) is 26.2 Å². The highest BCUT2D eigenvalue weighted by molar-refractivity contribution is 5.80. The number of aryl methyl sites for hydroxylation is 1. The Balaban J connectivity index is 1.15. The van der Waals surface area contributed by atoms with Gasteiger partial charge in [-0.05, 0) is 49.6 Å². The third-order valence-corrected chi connectivity index (χ3v) is 7.01. The van der Waals surface area contributed by atoms with Crippen molar-refractivity contribution in [1.82, 2.24) is 20.1 Å². The number of carbonyl (C=O) groups is 1. The monoisotopic (exact) mass is 476 g/mol. The fraction of sp³-hybridized carbons (Fsp3) is 0.680. The van der Waals surface area contributed by atoms with Gasteiger partial charge in [-0.15, -0.1) is 10.2 Å². The zero-order chi connectivity index (χ0) is 23.9. The SMILES string of the molecule is Cc1nnc(CC(=O)CC2CCC(CCN3CCc4ccc(OCC(F)F)nc4CC3)CC2)o1. The Bertz CT molecular complexity index is 944. The summed E-state index contributed by atoms with van der Waals surface area (Å²) in [7, 11) is 0. The van der Waals surface area contributed by atoms with Crippen LogP contribution in [0.25, 0.3) is 0 Å². The molecule has 186 valence electrons. The molecule has 0 N–H and O–H groups in total. The number of ketones is 1. The van der Waals surface area contributed by atoms with Gasteiger partial charge in [0.1, 0.15) is 5.78 Å². The molecule has 4 rings (SSSR count). The number of hydrogen-bond donors (Lipinski definition) is 0. The molecule has 1 aliphatic carbocycles. The standard InChI is InChI=1S/C25H34F2N4O3/c1-17-29-30-25(34-17)15-21(32)14-19-4-2-18(3-5-19)8-11-31-12-9-20-6-7-24(33-16-23(26)27)28-22(20)10-13-31/h6-7,18-19,23H,2-5,8-16H2,1H3. The second-order valence-corrected chi connectivity index (χ2v) is 9.61. The van der Waals surface area contributed by atoms with Gasteiger partial charge < -0.3 is 14.1 Å². The van der Waals surface area contributed by atoms with Gasteiger partial charge in [-0.1, -0.05) is 18.9 Å². The predicted molar refractivity (Wildman–Crippen MR) is 122 cm³/mol. The summed E-state index contributed by atoms with van der Waals surface area (Å²) in [6, 6.07) is 3.66. The average molecular weight is 477 g/mol. The van der Waals surface area contributed by atoms with Gasteiger partial charge in [0.2, 0.25) is 17.7 Å². The minimum Gasteiger partial charge on any atom is -0.472 e. The third kappa shape index (κ3) is 7.29. The number of rotatable bonds is 10. The number of ether oxygens (including phenoxy) is 1. The minimum atomic E-state index is -2.49. The molecule has 0 amide bonds. The van der Waals surface area contributed by atoms with Crippen molar-refractivity contribution < 1.29 is 22.7 Å². The first-order valence-electron chi connectivity index (χ1n) is 12.4. The molecule has 7 nitrogen and oxygen atoms in total. The Labute approximate surface area is 199 Å². The lowest BCUT2D eigenvalue weighted by Gasteiger charge is -2.30. The van der Waals surface area contributed by atoms with Gasteiger partial charge in [0, 0.05) is 44.6 Å². The molecule has 0 spiro atoms. The highest BCUT2D eigenvalue weighted by Crippen LogP contribution is 2.33. The van der Waals surface area contributed by atoms with Gasteiger partial charge in [0.25, 0.3) is 6.43 Å². The van der Waals surface area contributed by atoms with Gasteiger partial charge >= 0.3 is 0 Å². The highest BCUT2D eigenvalue weighted by Gasteiger charge is 2.25. The molecule has 34 heavy (non-hydrogen) atoms. The van der Waals surface area contributed by atoms with E-state index in [4.69, 9.17) is 9.15 Å². The molecule has 0 unspecified atom stereocenters. The summed E-state index contributed by atoms with van der Waals surface area (Å²) in [5.74, 6) is 2.57.